The van der Waals surface area contributed by atoms with Crippen LogP contribution >= 0.6 is 0 Å². The first-order valence-electron chi connectivity index (χ1n) is 7.88. The number of carboxylic acid groups (broad SMARTS) is 1. The van der Waals surface area contributed by atoms with Crippen LogP contribution < -0.4 is 10.2 Å². The number of nitrogens with zero attached hydrogens (tertiary/aromatic N) is 3. The van der Waals surface area contributed by atoms with E-state index in [-0.39, 0.29) is 19.6 Å². The summed E-state index contributed by atoms with van der Waals surface area (Å²) in [5.41, 5.74) is 0.774. The maximum atomic E-state index is 12.4. The average Bonchev–Trinajstić information content (AvgIpc) is 2.93. The number of nitrogens with one attached hydrogen (secondary N) is 1. The summed E-state index contributed by atoms with van der Waals surface area (Å²) in [6.45, 7) is 0.175. The van der Waals surface area contributed by atoms with Crippen molar-refractivity contribution in [2.24, 2.45) is 0 Å². The summed E-state index contributed by atoms with van der Waals surface area (Å²) < 4.78 is 0. The second-order valence-corrected chi connectivity index (χ2v) is 5.86. The summed E-state index contributed by atoms with van der Waals surface area (Å²) in [5.74, 6) is -1.93. The largest absolute Gasteiger partial charge is 0.480 e. The summed E-state index contributed by atoms with van der Waals surface area (Å²) in [7, 11) is 0. The van der Waals surface area contributed by atoms with E-state index in [0.29, 0.717) is 13.1 Å². The number of carbonyl (C=O) groups excluding carboxylic acids is 3. The van der Waals surface area contributed by atoms with Gasteiger partial charge in [-0.15, -0.1) is 0 Å². The highest BCUT2D eigenvalue weighted by Gasteiger charge is 2.37. The number of imide groups is 1. The lowest BCUT2D eigenvalue weighted by Gasteiger charge is -2.40. The highest BCUT2D eigenvalue weighted by Crippen LogP contribution is 2.21. The molecule has 132 valence electrons. The Bertz CT molecular complexity index is 692. The van der Waals surface area contributed by atoms with Crippen LogP contribution in [0.5, 0.6) is 0 Å². The Balaban J connectivity index is 1.69. The van der Waals surface area contributed by atoms with Crippen LogP contribution in [0.4, 0.5) is 10.5 Å². The minimum Gasteiger partial charge on any atom is -0.480 e. The number of hydrogen-bond acceptors (Lipinski definition) is 5. The van der Waals surface area contributed by atoms with Crippen LogP contribution in [-0.4, -0.2) is 77.5 Å². The molecule has 2 heterocycles. The third kappa shape index (κ3) is 3.39. The van der Waals surface area contributed by atoms with Crippen LogP contribution in [0.1, 0.15) is 0 Å². The van der Waals surface area contributed by atoms with Gasteiger partial charge in [-0.1, -0.05) is 18.2 Å². The molecular formula is C16H18N4O5. The van der Waals surface area contributed by atoms with Crippen LogP contribution in [0.3, 0.4) is 0 Å². The summed E-state index contributed by atoms with van der Waals surface area (Å²) >= 11 is 0. The van der Waals surface area contributed by atoms with Gasteiger partial charge in [-0.05, 0) is 12.1 Å². The minimum absolute atomic E-state index is 0.00723. The van der Waals surface area contributed by atoms with Gasteiger partial charge in [-0.25, -0.2) is 9.59 Å². The van der Waals surface area contributed by atoms with E-state index in [0.717, 1.165) is 10.6 Å². The Morgan fingerprint density at radius 2 is 1.88 bits per heavy atom. The highest BCUT2D eigenvalue weighted by atomic mass is 16.4. The van der Waals surface area contributed by atoms with Crippen LogP contribution in [-0.2, 0) is 14.4 Å². The van der Waals surface area contributed by atoms with E-state index in [1.807, 2.05) is 30.3 Å². The number of piperazine rings is 1. The second kappa shape index (κ2) is 6.80. The molecule has 9 nitrogen and oxygen atoms in total. The Kier molecular flexibility index (Phi) is 4.55. The molecule has 0 aromatic heterocycles. The molecule has 2 N–H and O–H groups in total. The molecule has 0 bridgehead atoms. The summed E-state index contributed by atoms with van der Waals surface area (Å²) in [6.07, 6.45) is 0. The molecule has 1 aromatic rings. The minimum atomic E-state index is -1.03. The smallest absolute Gasteiger partial charge is 0.328 e. The first-order chi connectivity index (χ1) is 12.0. The van der Waals surface area contributed by atoms with Crippen LogP contribution in [0.2, 0.25) is 0 Å². The first kappa shape index (κ1) is 16.7. The van der Waals surface area contributed by atoms with Gasteiger partial charge in [-0.3, -0.25) is 14.5 Å². The standard InChI is InChI=1S/C16H18N4O5/c21-13-8-17-16(25)20(13)10-14(22)18-6-7-19(12(9-18)15(23)24)11-4-2-1-3-5-11/h1-5,12H,6-10H2,(H,17,25)(H,23,24). The number of carbonyl (C=O) groups is 4. The number of urea groups is 1. The van der Waals surface area contributed by atoms with Gasteiger partial charge in [0, 0.05) is 18.8 Å². The van der Waals surface area contributed by atoms with Gasteiger partial charge in [0.25, 0.3) is 5.91 Å². The number of anilines is 1. The lowest BCUT2D eigenvalue weighted by molar-refractivity contribution is -0.142. The molecule has 3 rings (SSSR count). The third-order valence-electron chi connectivity index (χ3n) is 4.34. The number of hydrogen-bond donors (Lipinski definition) is 2. The number of para-hydroxylation sites is 1. The van der Waals surface area contributed by atoms with Crippen LogP contribution in [0.15, 0.2) is 30.3 Å². The predicted molar refractivity (Wildman–Crippen MR) is 86.9 cm³/mol. The predicted octanol–water partition coefficient (Wildman–Crippen LogP) is -0.660. The Morgan fingerprint density at radius 3 is 2.48 bits per heavy atom. The van der Waals surface area contributed by atoms with Gasteiger partial charge < -0.3 is 20.2 Å². The van der Waals surface area contributed by atoms with Crippen molar-refractivity contribution in [3.63, 3.8) is 0 Å². The molecule has 0 aliphatic carbocycles. The van der Waals surface area contributed by atoms with Crippen LogP contribution in [0, 0.1) is 0 Å². The van der Waals surface area contributed by atoms with Crippen molar-refractivity contribution >= 4 is 29.5 Å². The molecule has 2 saturated heterocycles. The molecule has 4 amide bonds. The monoisotopic (exact) mass is 346 g/mol. The summed E-state index contributed by atoms with van der Waals surface area (Å²) in [4.78, 5) is 51.1. The van der Waals surface area contributed by atoms with Gasteiger partial charge in [0.2, 0.25) is 5.91 Å². The van der Waals surface area contributed by atoms with E-state index in [2.05, 4.69) is 5.32 Å². The van der Waals surface area contributed by atoms with E-state index >= 15 is 0 Å². The molecule has 1 aromatic carbocycles. The molecule has 25 heavy (non-hydrogen) atoms. The van der Waals surface area contributed by atoms with E-state index in [1.54, 1.807) is 4.90 Å². The maximum Gasteiger partial charge on any atom is 0.328 e. The molecule has 0 saturated carbocycles. The molecule has 2 aliphatic rings. The molecule has 0 spiro atoms. The zero-order valence-electron chi connectivity index (χ0n) is 13.4. The molecule has 2 aliphatic heterocycles. The Morgan fingerprint density at radius 1 is 1.16 bits per heavy atom. The maximum absolute atomic E-state index is 12.4. The molecule has 1 atom stereocenters. The molecule has 1 unspecified atom stereocenters. The second-order valence-electron chi connectivity index (χ2n) is 5.86. The van der Waals surface area contributed by atoms with Crippen molar-refractivity contribution in [1.82, 2.24) is 15.1 Å². The van der Waals surface area contributed by atoms with E-state index in [1.165, 1.54) is 4.90 Å². The summed E-state index contributed by atoms with van der Waals surface area (Å²) in [5, 5.41) is 11.9. The van der Waals surface area contributed by atoms with Gasteiger partial charge in [0.15, 0.2) is 0 Å². The molecule has 0 radical (unpaired) electrons. The Hall–Kier alpha value is -3.10. The van der Waals surface area contributed by atoms with Gasteiger partial charge in [0.1, 0.15) is 12.6 Å². The summed E-state index contributed by atoms with van der Waals surface area (Å²) in [6, 6.07) is 7.64. The normalized spacial score (nSPS) is 20.6. The number of amides is 4. The third-order valence-corrected chi connectivity index (χ3v) is 4.34. The van der Waals surface area contributed by atoms with E-state index in [9.17, 15) is 24.3 Å². The van der Waals surface area contributed by atoms with Crippen molar-refractivity contribution in [2.45, 2.75) is 6.04 Å². The topological polar surface area (TPSA) is 110 Å². The molecule has 2 fully saturated rings. The zero-order valence-corrected chi connectivity index (χ0v) is 13.4. The quantitative estimate of drug-likeness (QED) is 0.701. The number of carboxylic acids is 1. The lowest BCUT2D eigenvalue weighted by Crippen LogP contribution is -2.59. The van der Waals surface area contributed by atoms with Crippen molar-refractivity contribution in [3.05, 3.63) is 30.3 Å². The highest BCUT2D eigenvalue weighted by molar-refractivity contribution is 6.04. The number of benzene rings is 1. The molecule has 9 heteroatoms. The average molecular weight is 346 g/mol. The zero-order chi connectivity index (χ0) is 18.0. The van der Waals surface area contributed by atoms with E-state index in [4.69, 9.17) is 0 Å². The van der Waals surface area contributed by atoms with Crippen molar-refractivity contribution in [1.29, 1.82) is 0 Å². The van der Waals surface area contributed by atoms with Crippen molar-refractivity contribution < 1.29 is 24.3 Å². The van der Waals surface area contributed by atoms with Crippen molar-refractivity contribution in [3.8, 4) is 0 Å². The fraction of sp³-hybridized carbons (Fsp3) is 0.375. The first-order valence-corrected chi connectivity index (χ1v) is 7.88. The van der Waals surface area contributed by atoms with Gasteiger partial charge in [0.05, 0.1) is 13.1 Å². The molecular weight excluding hydrogens is 328 g/mol. The number of aliphatic carboxylic acids is 1. The van der Waals surface area contributed by atoms with Crippen molar-refractivity contribution in [2.75, 3.05) is 37.6 Å². The lowest BCUT2D eigenvalue weighted by atomic mass is 10.1. The Labute approximate surface area is 143 Å². The van der Waals surface area contributed by atoms with Gasteiger partial charge >= 0.3 is 12.0 Å². The van der Waals surface area contributed by atoms with E-state index < -0.39 is 29.9 Å². The fourth-order valence-electron chi connectivity index (χ4n) is 3.00. The fourth-order valence-corrected chi connectivity index (χ4v) is 3.00. The number of rotatable bonds is 4. The van der Waals surface area contributed by atoms with Crippen LogP contribution in [0.25, 0.3) is 0 Å². The SMILES string of the molecule is O=C(O)C1CN(C(=O)CN2C(=O)CNC2=O)CCN1c1ccccc1. The van der Waals surface area contributed by atoms with Gasteiger partial charge in [-0.2, -0.15) is 0 Å².